The molecule has 1 heterocycles. The first-order valence-electron chi connectivity index (χ1n) is 10.3. The van der Waals surface area contributed by atoms with Crippen LogP contribution >= 0.6 is 0 Å². The molecule has 0 aromatic rings. The standard InChI is InChI=1S/C20H36O5/c1-3-17(2)24-19(21)25-20(16-23-20)14-10-11-15-22-18-12-8-6-4-5-7-9-13-18/h17-18H,3-16H2,1-2H3. The van der Waals surface area contributed by atoms with Gasteiger partial charge in [-0.25, -0.2) is 4.79 Å². The summed E-state index contributed by atoms with van der Waals surface area (Å²) >= 11 is 0. The predicted octanol–water partition coefficient (Wildman–Crippen LogP) is 5.35. The van der Waals surface area contributed by atoms with Crippen LogP contribution < -0.4 is 0 Å². The number of epoxide rings is 1. The molecule has 1 saturated carbocycles. The van der Waals surface area contributed by atoms with Gasteiger partial charge in [0.25, 0.3) is 0 Å². The first-order chi connectivity index (χ1) is 12.1. The quantitative estimate of drug-likeness (QED) is 0.316. The Kier molecular flexibility index (Phi) is 9.04. The molecule has 0 radical (unpaired) electrons. The van der Waals surface area contributed by atoms with E-state index in [1.165, 1.54) is 51.4 Å². The summed E-state index contributed by atoms with van der Waals surface area (Å²) in [5.74, 6) is -0.733. The van der Waals surface area contributed by atoms with Crippen LogP contribution in [0, 0.1) is 0 Å². The van der Waals surface area contributed by atoms with Crippen molar-refractivity contribution in [1.29, 1.82) is 0 Å². The predicted molar refractivity (Wildman–Crippen MR) is 96.5 cm³/mol. The molecule has 1 aliphatic carbocycles. The van der Waals surface area contributed by atoms with Gasteiger partial charge in [-0.15, -0.1) is 0 Å². The molecule has 0 aromatic heterocycles. The van der Waals surface area contributed by atoms with Gasteiger partial charge >= 0.3 is 6.16 Å². The molecule has 0 spiro atoms. The van der Waals surface area contributed by atoms with Crippen molar-refractivity contribution in [3.8, 4) is 0 Å². The fourth-order valence-corrected chi connectivity index (χ4v) is 3.27. The number of carbonyl (C=O) groups excluding carboxylic acids is 1. The minimum Gasteiger partial charge on any atom is -0.431 e. The number of hydrogen-bond donors (Lipinski definition) is 0. The Hall–Kier alpha value is -0.810. The fourth-order valence-electron chi connectivity index (χ4n) is 3.27. The van der Waals surface area contributed by atoms with Crippen LogP contribution in [0.15, 0.2) is 0 Å². The molecule has 2 rings (SSSR count). The summed E-state index contributed by atoms with van der Waals surface area (Å²) < 4.78 is 21.9. The Morgan fingerprint density at radius 1 is 1.12 bits per heavy atom. The third-order valence-electron chi connectivity index (χ3n) is 5.22. The fraction of sp³-hybridized carbons (Fsp3) is 0.950. The molecular weight excluding hydrogens is 320 g/mol. The Balaban J connectivity index is 1.55. The molecule has 0 bridgehead atoms. The summed E-state index contributed by atoms with van der Waals surface area (Å²) in [6.07, 6.45) is 13.6. The average molecular weight is 357 g/mol. The van der Waals surface area contributed by atoms with Crippen LogP contribution in [0.2, 0.25) is 0 Å². The van der Waals surface area contributed by atoms with Gasteiger partial charge in [0.05, 0.1) is 6.10 Å². The van der Waals surface area contributed by atoms with Gasteiger partial charge < -0.3 is 18.9 Å². The van der Waals surface area contributed by atoms with Gasteiger partial charge in [-0.05, 0) is 39.0 Å². The van der Waals surface area contributed by atoms with Gasteiger partial charge in [-0.1, -0.05) is 45.4 Å². The first kappa shape index (κ1) is 20.5. The van der Waals surface area contributed by atoms with E-state index in [-0.39, 0.29) is 6.10 Å². The van der Waals surface area contributed by atoms with Crippen molar-refractivity contribution in [2.75, 3.05) is 13.2 Å². The molecule has 1 saturated heterocycles. The Morgan fingerprint density at radius 3 is 2.36 bits per heavy atom. The van der Waals surface area contributed by atoms with Crippen molar-refractivity contribution in [3.05, 3.63) is 0 Å². The van der Waals surface area contributed by atoms with E-state index in [0.717, 1.165) is 32.3 Å². The topological polar surface area (TPSA) is 57.3 Å². The van der Waals surface area contributed by atoms with Crippen LogP contribution in [0.3, 0.4) is 0 Å². The maximum Gasteiger partial charge on any atom is 0.511 e. The van der Waals surface area contributed by atoms with E-state index in [9.17, 15) is 4.79 Å². The lowest BCUT2D eigenvalue weighted by Gasteiger charge is -2.18. The van der Waals surface area contributed by atoms with Crippen LogP contribution in [-0.4, -0.2) is 37.4 Å². The molecule has 5 heteroatoms. The van der Waals surface area contributed by atoms with Gasteiger partial charge in [-0.2, -0.15) is 0 Å². The zero-order valence-corrected chi connectivity index (χ0v) is 16.1. The monoisotopic (exact) mass is 356 g/mol. The molecule has 0 aromatic carbocycles. The van der Waals surface area contributed by atoms with E-state index in [4.69, 9.17) is 18.9 Å². The highest BCUT2D eigenvalue weighted by Crippen LogP contribution is 2.34. The molecule has 2 fully saturated rings. The van der Waals surface area contributed by atoms with Crippen molar-refractivity contribution >= 4 is 6.16 Å². The van der Waals surface area contributed by atoms with Crippen LogP contribution in [0.1, 0.15) is 90.9 Å². The van der Waals surface area contributed by atoms with E-state index in [1.54, 1.807) is 0 Å². The lowest BCUT2D eigenvalue weighted by molar-refractivity contribution is -0.0522. The summed E-state index contributed by atoms with van der Waals surface area (Å²) in [7, 11) is 0. The number of carbonyl (C=O) groups is 1. The Labute approximate surface area is 152 Å². The lowest BCUT2D eigenvalue weighted by atomic mass is 10.1. The molecule has 146 valence electrons. The summed E-state index contributed by atoms with van der Waals surface area (Å²) in [5, 5.41) is 0. The number of hydrogen-bond acceptors (Lipinski definition) is 5. The summed E-state index contributed by atoms with van der Waals surface area (Å²) in [6, 6.07) is 0. The smallest absolute Gasteiger partial charge is 0.431 e. The highest BCUT2D eigenvalue weighted by atomic mass is 16.9. The second-order valence-electron chi connectivity index (χ2n) is 7.54. The molecule has 2 aliphatic rings. The molecule has 2 unspecified atom stereocenters. The largest absolute Gasteiger partial charge is 0.511 e. The maximum atomic E-state index is 11.7. The SMILES string of the molecule is CCC(C)OC(=O)OC1(CCCCOC2CCCCCCCC2)CO1. The van der Waals surface area contributed by atoms with Crippen LogP contribution in [0.25, 0.3) is 0 Å². The minimum atomic E-state index is -0.733. The molecule has 5 nitrogen and oxygen atoms in total. The highest BCUT2D eigenvalue weighted by Gasteiger charge is 2.49. The van der Waals surface area contributed by atoms with Gasteiger partial charge in [0.1, 0.15) is 12.7 Å². The van der Waals surface area contributed by atoms with Gasteiger partial charge in [0.2, 0.25) is 5.79 Å². The average Bonchev–Trinajstić information content (AvgIpc) is 3.31. The van der Waals surface area contributed by atoms with Crippen LogP contribution in [-0.2, 0) is 18.9 Å². The number of ether oxygens (including phenoxy) is 4. The van der Waals surface area contributed by atoms with Crippen molar-refractivity contribution in [1.82, 2.24) is 0 Å². The van der Waals surface area contributed by atoms with E-state index in [0.29, 0.717) is 12.7 Å². The Morgan fingerprint density at radius 2 is 1.76 bits per heavy atom. The van der Waals surface area contributed by atoms with Gasteiger partial charge in [0.15, 0.2) is 0 Å². The highest BCUT2D eigenvalue weighted by molar-refractivity contribution is 5.61. The number of unbranched alkanes of at least 4 members (excludes halogenated alkanes) is 1. The first-order valence-corrected chi connectivity index (χ1v) is 10.3. The lowest BCUT2D eigenvalue weighted by Crippen LogP contribution is -2.24. The number of rotatable bonds is 9. The van der Waals surface area contributed by atoms with E-state index >= 15 is 0 Å². The molecule has 0 amide bonds. The molecule has 25 heavy (non-hydrogen) atoms. The second-order valence-corrected chi connectivity index (χ2v) is 7.54. The molecule has 1 aliphatic heterocycles. The van der Waals surface area contributed by atoms with E-state index in [1.807, 2.05) is 13.8 Å². The van der Waals surface area contributed by atoms with Crippen molar-refractivity contribution < 1.29 is 23.7 Å². The van der Waals surface area contributed by atoms with Crippen LogP contribution in [0.5, 0.6) is 0 Å². The van der Waals surface area contributed by atoms with Gasteiger partial charge in [0, 0.05) is 13.0 Å². The van der Waals surface area contributed by atoms with E-state index in [2.05, 4.69) is 0 Å². The summed E-state index contributed by atoms with van der Waals surface area (Å²) in [4.78, 5) is 11.7. The molecular formula is C20H36O5. The van der Waals surface area contributed by atoms with E-state index < -0.39 is 11.9 Å². The maximum absolute atomic E-state index is 11.7. The molecule has 0 N–H and O–H groups in total. The van der Waals surface area contributed by atoms with Crippen molar-refractivity contribution in [2.45, 2.75) is 109 Å². The normalized spacial score (nSPS) is 26.2. The summed E-state index contributed by atoms with van der Waals surface area (Å²) in [6.45, 7) is 5.10. The second kappa shape index (κ2) is 11.0. The zero-order chi connectivity index (χ0) is 18.0. The van der Waals surface area contributed by atoms with Crippen molar-refractivity contribution in [3.63, 3.8) is 0 Å². The zero-order valence-electron chi connectivity index (χ0n) is 16.1. The van der Waals surface area contributed by atoms with Gasteiger partial charge in [-0.3, -0.25) is 0 Å². The Bertz CT molecular complexity index is 370. The third-order valence-corrected chi connectivity index (χ3v) is 5.22. The third kappa shape index (κ3) is 8.41. The minimum absolute atomic E-state index is 0.121. The van der Waals surface area contributed by atoms with Crippen LogP contribution in [0.4, 0.5) is 4.79 Å². The molecule has 2 atom stereocenters. The van der Waals surface area contributed by atoms with Crippen molar-refractivity contribution in [2.24, 2.45) is 0 Å². The summed E-state index contributed by atoms with van der Waals surface area (Å²) in [5.41, 5.74) is 0.